The highest BCUT2D eigenvalue weighted by molar-refractivity contribution is 7.71. The van der Waals surface area contributed by atoms with Gasteiger partial charge in [-0.3, -0.25) is 0 Å². The lowest BCUT2D eigenvalue weighted by Gasteiger charge is -2.17. The molecule has 5 aromatic rings. The predicted octanol–water partition coefficient (Wildman–Crippen LogP) is 6.22. The molecule has 0 spiro atoms. The van der Waals surface area contributed by atoms with Gasteiger partial charge in [0.2, 0.25) is 4.77 Å². The van der Waals surface area contributed by atoms with Gasteiger partial charge in [0, 0.05) is 11.1 Å². The van der Waals surface area contributed by atoms with Crippen molar-refractivity contribution in [3.63, 3.8) is 0 Å². The fourth-order valence-electron chi connectivity index (χ4n) is 3.76. The zero-order chi connectivity index (χ0) is 22.6. The van der Waals surface area contributed by atoms with Crippen molar-refractivity contribution in [1.29, 1.82) is 0 Å². The number of benzene rings is 4. The molecule has 4 aromatic carbocycles. The number of hydrogen-bond donors (Lipinski definition) is 2. The molecule has 0 saturated heterocycles. The van der Waals surface area contributed by atoms with Gasteiger partial charge in [0.25, 0.3) is 0 Å². The maximum atomic E-state index is 13.2. The summed E-state index contributed by atoms with van der Waals surface area (Å²) in [5.41, 5.74) is 6.24. The van der Waals surface area contributed by atoms with Gasteiger partial charge >= 0.3 is 0 Å². The number of aromatic amines is 1. The van der Waals surface area contributed by atoms with Crippen molar-refractivity contribution in [3.05, 3.63) is 113 Å². The first-order valence-corrected chi connectivity index (χ1v) is 10.9. The SMILES string of the molecule is Fc1ccc(COc2ccc3ccccc3c2CNn2c(-c3ccccc3)n[nH]c2=S)cc1. The molecule has 0 fully saturated rings. The Kier molecular flexibility index (Phi) is 5.87. The van der Waals surface area contributed by atoms with Gasteiger partial charge in [0.05, 0.1) is 6.54 Å². The molecule has 1 aromatic heterocycles. The normalized spacial score (nSPS) is 10.9. The number of rotatable bonds is 7. The summed E-state index contributed by atoms with van der Waals surface area (Å²) in [7, 11) is 0. The van der Waals surface area contributed by atoms with E-state index in [1.807, 2.05) is 54.6 Å². The number of aromatic nitrogens is 3. The second-order valence-electron chi connectivity index (χ2n) is 7.57. The van der Waals surface area contributed by atoms with Crippen LogP contribution in [0.2, 0.25) is 0 Å². The monoisotopic (exact) mass is 456 g/mol. The van der Waals surface area contributed by atoms with Gasteiger partial charge in [-0.2, -0.15) is 5.10 Å². The zero-order valence-corrected chi connectivity index (χ0v) is 18.5. The molecule has 7 heteroatoms. The van der Waals surface area contributed by atoms with Crippen LogP contribution in [0, 0.1) is 10.6 Å². The molecule has 2 N–H and O–H groups in total. The van der Waals surface area contributed by atoms with E-state index in [1.165, 1.54) is 12.1 Å². The van der Waals surface area contributed by atoms with E-state index in [4.69, 9.17) is 17.0 Å². The van der Waals surface area contributed by atoms with Crippen LogP contribution in [0.15, 0.2) is 91.0 Å². The van der Waals surface area contributed by atoms with Gasteiger partial charge in [0.15, 0.2) is 5.82 Å². The van der Waals surface area contributed by atoms with Gasteiger partial charge in [-0.1, -0.05) is 72.8 Å². The lowest BCUT2D eigenvalue weighted by molar-refractivity contribution is 0.303. The molecule has 164 valence electrons. The van der Waals surface area contributed by atoms with E-state index < -0.39 is 0 Å². The molecule has 0 radical (unpaired) electrons. The maximum absolute atomic E-state index is 13.2. The summed E-state index contributed by atoms with van der Waals surface area (Å²) in [5.74, 6) is 1.19. The van der Waals surface area contributed by atoms with Crippen LogP contribution >= 0.6 is 12.2 Å². The summed E-state index contributed by atoms with van der Waals surface area (Å²) >= 11 is 5.46. The van der Waals surface area contributed by atoms with Crippen molar-refractivity contribution in [2.75, 3.05) is 5.43 Å². The van der Waals surface area contributed by atoms with E-state index in [1.54, 1.807) is 16.8 Å². The molecule has 0 aliphatic heterocycles. The molecule has 0 aliphatic carbocycles. The topological polar surface area (TPSA) is 54.9 Å². The third-order valence-corrected chi connectivity index (χ3v) is 5.70. The molecule has 0 amide bonds. The average molecular weight is 457 g/mol. The van der Waals surface area contributed by atoms with E-state index in [0.29, 0.717) is 23.7 Å². The van der Waals surface area contributed by atoms with Crippen LogP contribution < -0.4 is 10.2 Å². The van der Waals surface area contributed by atoms with E-state index in [2.05, 4.69) is 27.8 Å². The second kappa shape index (κ2) is 9.26. The molecule has 0 bridgehead atoms. The lowest BCUT2D eigenvalue weighted by Crippen LogP contribution is -2.17. The van der Waals surface area contributed by atoms with Gasteiger partial charge in [-0.15, -0.1) is 0 Å². The fourth-order valence-corrected chi connectivity index (χ4v) is 3.95. The van der Waals surface area contributed by atoms with Crippen LogP contribution in [0.1, 0.15) is 11.1 Å². The summed E-state index contributed by atoms with van der Waals surface area (Å²) in [4.78, 5) is 0. The third kappa shape index (κ3) is 4.49. The van der Waals surface area contributed by atoms with Crippen molar-refractivity contribution >= 4 is 23.0 Å². The Morgan fingerprint density at radius 2 is 1.67 bits per heavy atom. The summed E-state index contributed by atoms with van der Waals surface area (Å²) in [6.07, 6.45) is 0. The van der Waals surface area contributed by atoms with Crippen LogP contribution in [0.3, 0.4) is 0 Å². The Labute approximate surface area is 195 Å². The number of hydrogen-bond acceptors (Lipinski definition) is 4. The molecule has 0 saturated carbocycles. The molecule has 33 heavy (non-hydrogen) atoms. The molecular weight excluding hydrogens is 435 g/mol. The molecular formula is C26H21FN4OS. The first-order chi connectivity index (χ1) is 16.2. The summed E-state index contributed by atoms with van der Waals surface area (Å²) in [6.45, 7) is 0.805. The van der Waals surface area contributed by atoms with Crippen molar-refractivity contribution in [2.24, 2.45) is 0 Å². The Morgan fingerprint density at radius 3 is 2.48 bits per heavy atom. The first-order valence-electron chi connectivity index (χ1n) is 10.5. The molecule has 0 unspecified atom stereocenters. The maximum Gasteiger partial charge on any atom is 0.214 e. The van der Waals surface area contributed by atoms with Crippen molar-refractivity contribution in [1.82, 2.24) is 14.9 Å². The highest BCUT2D eigenvalue weighted by Crippen LogP contribution is 2.29. The highest BCUT2D eigenvalue weighted by Gasteiger charge is 2.13. The van der Waals surface area contributed by atoms with Crippen molar-refractivity contribution < 1.29 is 9.13 Å². The lowest BCUT2D eigenvalue weighted by atomic mass is 10.0. The molecule has 0 aliphatic rings. The van der Waals surface area contributed by atoms with E-state index >= 15 is 0 Å². The minimum atomic E-state index is -0.263. The Hall–Kier alpha value is -3.97. The predicted molar refractivity (Wildman–Crippen MR) is 131 cm³/mol. The van der Waals surface area contributed by atoms with Crippen LogP contribution in [0.5, 0.6) is 5.75 Å². The average Bonchev–Trinajstić information content (AvgIpc) is 3.23. The Bertz CT molecular complexity index is 1450. The zero-order valence-electron chi connectivity index (χ0n) is 17.7. The van der Waals surface area contributed by atoms with Crippen molar-refractivity contribution in [2.45, 2.75) is 13.2 Å². The largest absolute Gasteiger partial charge is 0.489 e. The first kappa shape index (κ1) is 20.9. The second-order valence-corrected chi connectivity index (χ2v) is 7.95. The van der Waals surface area contributed by atoms with Crippen LogP contribution in [-0.2, 0) is 13.2 Å². The summed E-state index contributed by atoms with van der Waals surface area (Å²) in [5, 5.41) is 9.45. The molecule has 5 nitrogen and oxygen atoms in total. The van der Waals surface area contributed by atoms with E-state index in [-0.39, 0.29) is 5.82 Å². The minimum absolute atomic E-state index is 0.263. The van der Waals surface area contributed by atoms with Gasteiger partial charge in [-0.05, 0) is 46.8 Å². The molecule has 1 heterocycles. The van der Waals surface area contributed by atoms with Crippen LogP contribution in [0.4, 0.5) is 4.39 Å². The summed E-state index contributed by atoms with van der Waals surface area (Å²) < 4.78 is 21.7. The minimum Gasteiger partial charge on any atom is -0.489 e. The van der Waals surface area contributed by atoms with Gasteiger partial charge in [-0.25, -0.2) is 14.2 Å². The van der Waals surface area contributed by atoms with E-state index in [0.717, 1.165) is 33.2 Å². The third-order valence-electron chi connectivity index (χ3n) is 5.42. The van der Waals surface area contributed by atoms with Gasteiger partial charge in [0.1, 0.15) is 18.2 Å². The van der Waals surface area contributed by atoms with Crippen molar-refractivity contribution in [3.8, 4) is 17.1 Å². The highest BCUT2D eigenvalue weighted by atomic mass is 32.1. The molecule has 0 atom stereocenters. The Balaban J connectivity index is 1.46. The number of fused-ring (bicyclic) bond motifs is 1. The van der Waals surface area contributed by atoms with Crippen LogP contribution in [0.25, 0.3) is 22.2 Å². The fraction of sp³-hybridized carbons (Fsp3) is 0.0769. The molecule has 5 rings (SSSR count). The number of ether oxygens (including phenoxy) is 1. The standard InChI is InChI=1S/C26H21FN4OS/c27-21-13-10-18(11-14-21)17-32-24-15-12-19-6-4-5-9-22(19)23(24)16-28-31-25(29-30-26(31)33)20-7-2-1-3-8-20/h1-15,28H,16-17H2,(H,30,33). The number of H-pyrrole nitrogens is 1. The number of nitrogens with one attached hydrogen (secondary N) is 2. The summed E-state index contributed by atoms with van der Waals surface area (Å²) in [6, 6.07) is 28.4. The number of nitrogens with zero attached hydrogens (tertiary/aromatic N) is 2. The Morgan fingerprint density at radius 1 is 0.909 bits per heavy atom. The quantitative estimate of drug-likeness (QED) is 0.285. The van der Waals surface area contributed by atoms with E-state index in [9.17, 15) is 4.39 Å². The van der Waals surface area contributed by atoms with Gasteiger partial charge < -0.3 is 10.2 Å². The number of halogens is 1. The smallest absolute Gasteiger partial charge is 0.214 e. The van der Waals surface area contributed by atoms with Crippen LogP contribution in [-0.4, -0.2) is 14.9 Å².